The van der Waals surface area contributed by atoms with Crippen molar-refractivity contribution in [3.05, 3.63) is 36.2 Å². The molecule has 1 aromatic heterocycles. The summed E-state index contributed by atoms with van der Waals surface area (Å²) < 4.78 is 0. The van der Waals surface area contributed by atoms with E-state index in [9.17, 15) is 9.59 Å². The van der Waals surface area contributed by atoms with Crippen LogP contribution in [0.25, 0.3) is 10.9 Å². The average molecular weight is 327 g/mol. The number of carboxylic acid groups (broad SMARTS) is 1. The maximum atomic E-state index is 12.1. The number of fused-ring (bicyclic) bond motifs is 1. The second kappa shape index (κ2) is 7.28. The van der Waals surface area contributed by atoms with Crippen molar-refractivity contribution in [2.24, 2.45) is 5.92 Å². The van der Waals surface area contributed by atoms with Crippen LogP contribution in [-0.2, 0) is 9.59 Å². The Bertz CT molecular complexity index is 832. The van der Waals surface area contributed by atoms with Crippen LogP contribution in [0.15, 0.2) is 36.2 Å². The zero-order valence-electron chi connectivity index (χ0n) is 13.2. The minimum Gasteiger partial charge on any atom is -0.480 e. The number of carbonyl (C=O) groups excluding carboxylic acids is 1. The lowest BCUT2D eigenvalue weighted by atomic mass is 10.0. The van der Waals surface area contributed by atoms with Crippen molar-refractivity contribution in [2.75, 3.05) is 5.32 Å². The van der Waals surface area contributed by atoms with E-state index in [2.05, 4.69) is 20.8 Å². The van der Waals surface area contributed by atoms with Gasteiger partial charge < -0.3 is 15.7 Å². The number of carboxylic acids is 1. The molecule has 2 rings (SSSR count). The molecule has 8 heteroatoms. The highest BCUT2D eigenvalue weighted by atomic mass is 16.4. The third-order valence-electron chi connectivity index (χ3n) is 3.41. The third kappa shape index (κ3) is 3.89. The molecule has 0 spiro atoms. The van der Waals surface area contributed by atoms with Crippen LogP contribution in [0, 0.1) is 17.2 Å². The van der Waals surface area contributed by atoms with Crippen LogP contribution < -0.4 is 10.6 Å². The average Bonchev–Trinajstić information content (AvgIpc) is 3.00. The smallest absolute Gasteiger partial charge is 0.326 e. The monoisotopic (exact) mass is 327 g/mol. The third-order valence-corrected chi connectivity index (χ3v) is 3.41. The number of aromatic nitrogens is 2. The molecular weight excluding hydrogens is 310 g/mol. The molecule has 24 heavy (non-hydrogen) atoms. The van der Waals surface area contributed by atoms with Gasteiger partial charge in [0.2, 0.25) is 0 Å². The first-order valence-electron chi connectivity index (χ1n) is 7.26. The molecule has 4 N–H and O–H groups in total. The molecule has 0 aliphatic carbocycles. The van der Waals surface area contributed by atoms with Gasteiger partial charge in [0.1, 0.15) is 17.7 Å². The molecule has 0 saturated heterocycles. The zero-order valence-corrected chi connectivity index (χ0v) is 13.2. The summed E-state index contributed by atoms with van der Waals surface area (Å²) in [5.41, 5.74) is 1.25. The van der Waals surface area contributed by atoms with Crippen molar-refractivity contribution in [1.29, 1.82) is 5.26 Å². The van der Waals surface area contributed by atoms with Gasteiger partial charge in [0, 0.05) is 17.3 Å². The van der Waals surface area contributed by atoms with Crippen LogP contribution in [0.3, 0.4) is 0 Å². The quantitative estimate of drug-likeness (QED) is 0.471. The molecule has 0 aliphatic rings. The van der Waals surface area contributed by atoms with E-state index >= 15 is 0 Å². The van der Waals surface area contributed by atoms with E-state index in [1.807, 2.05) is 6.07 Å². The Morgan fingerprint density at radius 1 is 1.42 bits per heavy atom. The zero-order chi connectivity index (χ0) is 17.7. The highest BCUT2D eigenvalue weighted by Crippen LogP contribution is 2.16. The van der Waals surface area contributed by atoms with Crippen molar-refractivity contribution >= 4 is 28.5 Å². The lowest BCUT2D eigenvalue weighted by Crippen LogP contribution is -2.44. The molecule has 1 aromatic carbocycles. The molecule has 8 nitrogen and oxygen atoms in total. The van der Waals surface area contributed by atoms with Crippen molar-refractivity contribution in [3.8, 4) is 6.07 Å². The van der Waals surface area contributed by atoms with E-state index in [1.165, 1.54) is 6.20 Å². The fourth-order valence-corrected chi connectivity index (χ4v) is 2.06. The molecule has 0 saturated carbocycles. The number of carbonyl (C=O) groups is 2. The Kier molecular flexibility index (Phi) is 5.16. The van der Waals surface area contributed by atoms with Crippen molar-refractivity contribution in [3.63, 3.8) is 0 Å². The number of rotatable bonds is 6. The first-order valence-corrected chi connectivity index (χ1v) is 7.26. The normalized spacial score (nSPS) is 12.7. The lowest BCUT2D eigenvalue weighted by molar-refractivity contribution is -0.142. The molecule has 1 amide bonds. The Hall–Kier alpha value is -3.34. The molecule has 0 radical (unpaired) electrons. The van der Waals surface area contributed by atoms with Crippen LogP contribution >= 0.6 is 0 Å². The molecule has 1 heterocycles. The largest absolute Gasteiger partial charge is 0.480 e. The van der Waals surface area contributed by atoms with E-state index in [0.717, 1.165) is 10.9 Å². The van der Waals surface area contributed by atoms with Crippen LogP contribution in [0.1, 0.15) is 13.8 Å². The Morgan fingerprint density at radius 2 is 2.17 bits per heavy atom. The van der Waals surface area contributed by atoms with Gasteiger partial charge in [-0.2, -0.15) is 10.4 Å². The number of benzene rings is 1. The second-order valence-electron chi connectivity index (χ2n) is 5.52. The minimum absolute atomic E-state index is 0.216. The first kappa shape index (κ1) is 17.0. The highest BCUT2D eigenvalue weighted by molar-refractivity contribution is 5.99. The number of amides is 1. The molecule has 2 aromatic rings. The summed E-state index contributed by atoms with van der Waals surface area (Å²) in [5.74, 6) is -2.19. The number of nitrogens with one attached hydrogen (secondary N) is 3. The summed E-state index contributed by atoms with van der Waals surface area (Å²) in [6.07, 6.45) is 2.92. The van der Waals surface area contributed by atoms with Crippen LogP contribution in [-0.4, -0.2) is 33.2 Å². The van der Waals surface area contributed by atoms with Gasteiger partial charge in [-0.05, 0) is 24.1 Å². The number of aromatic amines is 1. The Balaban J connectivity index is 2.11. The SMILES string of the molecule is CC(C)C(NC(=O)/C(C#N)=C\Nc1ccc2cn[nH]c2c1)C(=O)O. The van der Waals surface area contributed by atoms with Gasteiger partial charge in [0.15, 0.2) is 0 Å². The van der Waals surface area contributed by atoms with Crippen molar-refractivity contribution < 1.29 is 14.7 Å². The topological polar surface area (TPSA) is 131 Å². The van der Waals surface area contributed by atoms with Crippen LogP contribution in [0.2, 0.25) is 0 Å². The molecule has 0 bridgehead atoms. The van der Waals surface area contributed by atoms with Gasteiger partial charge in [-0.3, -0.25) is 9.89 Å². The fourth-order valence-electron chi connectivity index (χ4n) is 2.06. The van der Waals surface area contributed by atoms with E-state index < -0.39 is 17.9 Å². The molecule has 0 aliphatic heterocycles. The summed E-state index contributed by atoms with van der Waals surface area (Å²) in [7, 11) is 0. The Morgan fingerprint density at radius 3 is 2.79 bits per heavy atom. The molecule has 124 valence electrons. The fraction of sp³-hybridized carbons (Fsp3) is 0.250. The summed E-state index contributed by atoms with van der Waals surface area (Å²) in [6, 6.07) is 6.09. The molecule has 0 fully saturated rings. The van der Waals surface area contributed by atoms with E-state index in [-0.39, 0.29) is 11.5 Å². The van der Waals surface area contributed by atoms with Gasteiger partial charge in [0.25, 0.3) is 5.91 Å². The van der Waals surface area contributed by atoms with Gasteiger partial charge in [-0.15, -0.1) is 0 Å². The van der Waals surface area contributed by atoms with Gasteiger partial charge in [-0.1, -0.05) is 13.8 Å². The number of anilines is 1. The number of nitriles is 1. The second-order valence-corrected chi connectivity index (χ2v) is 5.52. The maximum Gasteiger partial charge on any atom is 0.326 e. The summed E-state index contributed by atoms with van der Waals surface area (Å²) in [6.45, 7) is 3.35. The standard InChI is InChI=1S/C16H17N5O3/c1-9(2)14(16(23)24)20-15(22)11(6-17)7-18-12-4-3-10-8-19-21-13(10)5-12/h3-5,7-9,14,18H,1-2H3,(H,19,21)(H,20,22)(H,23,24)/b11-7-. The molecule has 1 unspecified atom stereocenters. The predicted molar refractivity (Wildman–Crippen MR) is 87.8 cm³/mol. The number of H-pyrrole nitrogens is 1. The number of hydrogen-bond acceptors (Lipinski definition) is 5. The summed E-state index contributed by atoms with van der Waals surface area (Å²) in [5, 5.41) is 31.1. The van der Waals surface area contributed by atoms with Crippen molar-refractivity contribution in [1.82, 2.24) is 15.5 Å². The summed E-state index contributed by atoms with van der Waals surface area (Å²) in [4.78, 5) is 23.2. The number of hydrogen-bond donors (Lipinski definition) is 4. The van der Waals surface area contributed by atoms with E-state index in [0.29, 0.717) is 5.69 Å². The van der Waals surface area contributed by atoms with Gasteiger partial charge >= 0.3 is 5.97 Å². The van der Waals surface area contributed by atoms with E-state index in [4.69, 9.17) is 10.4 Å². The summed E-state index contributed by atoms with van der Waals surface area (Å²) >= 11 is 0. The maximum absolute atomic E-state index is 12.1. The molecule has 1 atom stereocenters. The lowest BCUT2D eigenvalue weighted by Gasteiger charge is -2.17. The highest BCUT2D eigenvalue weighted by Gasteiger charge is 2.24. The van der Waals surface area contributed by atoms with Crippen molar-refractivity contribution in [2.45, 2.75) is 19.9 Å². The minimum atomic E-state index is -1.15. The van der Waals surface area contributed by atoms with Gasteiger partial charge in [-0.25, -0.2) is 4.79 Å². The Labute approximate surface area is 138 Å². The number of nitrogens with zero attached hydrogens (tertiary/aromatic N) is 2. The van der Waals surface area contributed by atoms with Gasteiger partial charge in [0.05, 0.1) is 11.7 Å². The van der Waals surface area contributed by atoms with Crippen LogP contribution in [0.5, 0.6) is 0 Å². The number of aliphatic carboxylic acids is 1. The van der Waals surface area contributed by atoms with E-state index in [1.54, 1.807) is 38.2 Å². The molecular formula is C16H17N5O3. The predicted octanol–water partition coefficient (Wildman–Crippen LogP) is 1.61. The van der Waals surface area contributed by atoms with Crippen LogP contribution in [0.4, 0.5) is 5.69 Å². The first-order chi connectivity index (χ1) is 11.4.